The molecule has 0 saturated carbocycles. The van der Waals surface area contributed by atoms with E-state index < -0.39 is 11.9 Å². The van der Waals surface area contributed by atoms with Crippen LogP contribution in [0.25, 0.3) is 5.65 Å². The fourth-order valence-electron chi connectivity index (χ4n) is 1.70. The molecule has 7 heteroatoms. The Kier molecular flexibility index (Phi) is 3.39. The standard InChI is InChI=1S/C13H16F3N3O/c1-5-20-11-18-8(13(14,15)16)6-10-17-9(7-19(10)11)12(2,3)4/h6-7H,5H2,1-4H3. The molecule has 0 atom stereocenters. The zero-order chi connectivity index (χ0) is 15.1. The summed E-state index contributed by atoms with van der Waals surface area (Å²) in [6, 6.07) is 0.831. The summed E-state index contributed by atoms with van der Waals surface area (Å²) in [7, 11) is 0. The van der Waals surface area contributed by atoms with Crippen LogP contribution in [0.4, 0.5) is 13.2 Å². The highest BCUT2D eigenvalue weighted by Crippen LogP contribution is 2.31. The number of halogens is 3. The number of rotatable bonds is 2. The number of hydrogen-bond acceptors (Lipinski definition) is 3. The van der Waals surface area contributed by atoms with Crippen molar-refractivity contribution in [3.05, 3.63) is 23.7 Å². The van der Waals surface area contributed by atoms with Crippen LogP contribution in [0, 0.1) is 0 Å². The average Bonchev–Trinajstić information content (AvgIpc) is 2.71. The molecule has 0 amide bonds. The van der Waals surface area contributed by atoms with E-state index in [0.29, 0.717) is 5.69 Å². The molecule has 110 valence electrons. The number of fused-ring (bicyclic) bond motifs is 1. The number of nitrogens with zero attached hydrogens (tertiary/aromatic N) is 3. The van der Waals surface area contributed by atoms with E-state index in [-0.39, 0.29) is 23.7 Å². The van der Waals surface area contributed by atoms with Gasteiger partial charge in [-0.05, 0) is 6.92 Å². The van der Waals surface area contributed by atoms with Crippen LogP contribution in [0.5, 0.6) is 6.01 Å². The molecule has 2 aromatic heterocycles. The third-order valence-electron chi connectivity index (χ3n) is 2.75. The van der Waals surface area contributed by atoms with Crippen LogP contribution in [0.1, 0.15) is 39.1 Å². The van der Waals surface area contributed by atoms with Gasteiger partial charge in [-0.15, -0.1) is 0 Å². The third kappa shape index (κ3) is 2.71. The zero-order valence-electron chi connectivity index (χ0n) is 11.7. The molecule has 0 aliphatic rings. The highest BCUT2D eigenvalue weighted by atomic mass is 19.4. The number of hydrogen-bond donors (Lipinski definition) is 0. The minimum atomic E-state index is -4.53. The van der Waals surface area contributed by atoms with Gasteiger partial charge in [0.1, 0.15) is 5.65 Å². The smallest absolute Gasteiger partial charge is 0.433 e. The zero-order valence-corrected chi connectivity index (χ0v) is 11.7. The monoisotopic (exact) mass is 287 g/mol. The fourth-order valence-corrected chi connectivity index (χ4v) is 1.70. The van der Waals surface area contributed by atoms with E-state index in [1.807, 2.05) is 20.8 Å². The van der Waals surface area contributed by atoms with Crippen molar-refractivity contribution in [3.63, 3.8) is 0 Å². The number of imidazole rings is 1. The van der Waals surface area contributed by atoms with Crippen molar-refractivity contribution >= 4 is 5.65 Å². The van der Waals surface area contributed by atoms with E-state index in [4.69, 9.17) is 4.74 Å². The summed E-state index contributed by atoms with van der Waals surface area (Å²) in [6.07, 6.45) is -2.87. The molecule has 20 heavy (non-hydrogen) atoms. The van der Waals surface area contributed by atoms with Crippen molar-refractivity contribution in [1.29, 1.82) is 0 Å². The molecule has 0 aliphatic heterocycles. The Bertz CT molecular complexity index is 626. The minimum Gasteiger partial charge on any atom is -0.465 e. The minimum absolute atomic E-state index is 0.0969. The van der Waals surface area contributed by atoms with Crippen LogP contribution in [0.15, 0.2) is 12.3 Å². The second-order valence-electron chi connectivity index (χ2n) is 5.46. The fraction of sp³-hybridized carbons (Fsp3) is 0.538. The SMILES string of the molecule is CCOc1nc(C(F)(F)F)cc2nc(C(C)(C)C)cn12. The van der Waals surface area contributed by atoms with Crippen LogP contribution < -0.4 is 4.74 Å². The molecule has 0 spiro atoms. The Morgan fingerprint density at radius 3 is 2.30 bits per heavy atom. The molecule has 0 N–H and O–H groups in total. The molecule has 4 nitrogen and oxygen atoms in total. The average molecular weight is 287 g/mol. The first-order valence-corrected chi connectivity index (χ1v) is 6.23. The molecule has 2 rings (SSSR count). The Morgan fingerprint density at radius 2 is 1.80 bits per heavy atom. The van der Waals surface area contributed by atoms with E-state index in [0.717, 1.165) is 6.07 Å². The van der Waals surface area contributed by atoms with E-state index >= 15 is 0 Å². The van der Waals surface area contributed by atoms with Gasteiger partial charge >= 0.3 is 12.2 Å². The maximum Gasteiger partial charge on any atom is 0.433 e. The van der Waals surface area contributed by atoms with Gasteiger partial charge in [-0.25, -0.2) is 4.98 Å². The van der Waals surface area contributed by atoms with Gasteiger partial charge in [0.15, 0.2) is 5.69 Å². The molecule has 0 unspecified atom stereocenters. The van der Waals surface area contributed by atoms with E-state index in [1.54, 1.807) is 13.1 Å². The normalized spacial score (nSPS) is 12.9. The Labute approximate surface area is 114 Å². The lowest BCUT2D eigenvalue weighted by molar-refractivity contribution is -0.141. The van der Waals surface area contributed by atoms with Crippen LogP contribution in [-0.2, 0) is 11.6 Å². The second-order valence-corrected chi connectivity index (χ2v) is 5.46. The molecule has 0 bridgehead atoms. The van der Waals surface area contributed by atoms with Crippen molar-refractivity contribution in [1.82, 2.24) is 14.4 Å². The maximum atomic E-state index is 12.8. The van der Waals surface area contributed by atoms with Crippen LogP contribution in [-0.4, -0.2) is 21.0 Å². The lowest BCUT2D eigenvalue weighted by Gasteiger charge is -2.13. The largest absolute Gasteiger partial charge is 0.465 e. The number of ether oxygens (including phenoxy) is 1. The van der Waals surface area contributed by atoms with Gasteiger partial charge in [-0.3, -0.25) is 4.40 Å². The lowest BCUT2D eigenvalue weighted by atomic mass is 9.93. The van der Waals surface area contributed by atoms with Gasteiger partial charge < -0.3 is 4.74 Å². The van der Waals surface area contributed by atoms with Crippen molar-refractivity contribution in [3.8, 4) is 6.01 Å². The first kappa shape index (κ1) is 14.6. The molecule has 0 radical (unpaired) electrons. The van der Waals surface area contributed by atoms with Crippen LogP contribution >= 0.6 is 0 Å². The molecule has 2 aromatic rings. The van der Waals surface area contributed by atoms with E-state index in [9.17, 15) is 13.2 Å². The van der Waals surface area contributed by atoms with Gasteiger partial charge in [-0.1, -0.05) is 20.8 Å². The van der Waals surface area contributed by atoms with Crippen molar-refractivity contribution < 1.29 is 17.9 Å². The first-order chi connectivity index (χ1) is 9.13. The predicted molar refractivity (Wildman–Crippen MR) is 67.9 cm³/mol. The molecule has 0 aromatic carbocycles. The van der Waals surface area contributed by atoms with Crippen molar-refractivity contribution in [2.24, 2.45) is 0 Å². The Hall–Kier alpha value is -1.79. The summed E-state index contributed by atoms with van der Waals surface area (Å²) >= 11 is 0. The lowest BCUT2D eigenvalue weighted by Crippen LogP contribution is -2.11. The van der Waals surface area contributed by atoms with Crippen LogP contribution in [0.2, 0.25) is 0 Å². The molecule has 0 fully saturated rings. The van der Waals surface area contributed by atoms with Gasteiger partial charge in [0.25, 0.3) is 0 Å². The van der Waals surface area contributed by atoms with Crippen molar-refractivity contribution in [2.45, 2.75) is 39.3 Å². The maximum absolute atomic E-state index is 12.8. The van der Waals surface area contributed by atoms with Gasteiger partial charge in [-0.2, -0.15) is 18.2 Å². The topological polar surface area (TPSA) is 39.4 Å². The Balaban J connectivity index is 2.68. The van der Waals surface area contributed by atoms with Gasteiger partial charge in [0.05, 0.1) is 12.3 Å². The quantitative estimate of drug-likeness (QED) is 0.849. The highest BCUT2D eigenvalue weighted by Gasteiger charge is 2.34. The molecular weight excluding hydrogens is 271 g/mol. The summed E-state index contributed by atoms with van der Waals surface area (Å²) in [5, 5.41) is 0. The molecule has 0 aliphatic carbocycles. The molecule has 2 heterocycles. The summed E-state index contributed by atoms with van der Waals surface area (Å²) in [6.45, 7) is 7.73. The summed E-state index contributed by atoms with van der Waals surface area (Å²) in [5.74, 6) is 0. The summed E-state index contributed by atoms with van der Waals surface area (Å²) < 4.78 is 45.1. The molecule has 0 saturated heterocycles. The van der Waals surface area contributed by atoms with E-state index in [1.165, 1.54) is 4.40 Å². The summed E-state index contributed by atoms with van der Waals surface area (Å²) in [5.41, 5.74) is -0.409. The van der Waals surface area contributed by atoms with Crippen molar-refractivity contribution in [2.75, 3.05) is 6.61 Å². The number of aromatic nitrogens is 3. The summed E-state index contributed by atoms with van der Waals surface area (Å²) in [4.78, 5) is 7.78. The van der Waals surface area contributed by atoms with Crippen LogP contribution in [0.3, 0.4) is 0 Å². The first-order valence-electron chi connectivity index (χ1n) is 6.23. The molecular formula is C13H16F3N3O. The van der Waals surface area contributed by atoms with Gasteiger partial charge in [0.2, 0.25) is 0 Å². The third-order valence-corrected chi connectivity index (χ3v) is 2.75. The Morgan fingerprint density at radius 1 is 1.15 bits per heavy atom. The van der Waals surface area contributed by atoms with E-state index in [2.05, 4.69) is 9.97 Å². The number of alkyl halides is 3. The second kappa shape index (κ2) is 4.64. The predicted octanol–water partition coefficient (Wildman–Crippen LogP) is 3.44. The highest BCUT2D eigenvalue weighted by molar-refractivity contribution is 5.45. The van der Waals surface area contributed by atoms with Gasteiger partial charge in [0, 0.05) is 17.7 Å².